The molecule has 1 aliphatic rings. The van der Waals surface area contributed by atoms with Gasteiger partial charge in [0.2, 0.25) is 12.7 Å². The molecule has 0 unspecified atom stereocenters. The molecule has 0 radical (unpaired) electrons. The maximum absolute atomic E-state index is 12.1. The number of benzene rings is 2. The van der Waals surface area contributed by atoms with Crippen molar-refractivity contribution in [3.63, 3.8) is 0 Å². The fraction of sp³-hybridized carbons (Fsp3) is 0.111. The summed E-state index contributed by atoms with van der Waals surface area (Å²) >= 11 is 1.40. The molecule has 0 aliphatic carbocycles. The highest BCUT2D eigenvalue weighted by Crippen LogP contribution is 2.33. The van der Waals surface area contributed by atoms with E-state index in [9.17, 15) is 4.79 Å². The Morgan fingerprint density at radius 3 is 3.00 bits per heavy atom. The Morgan fingerprint density at radius 1 is 1.24 bits per heavy atom. The van der Waals surface area contributed by atoms with Crippen molar-refractivity contribution in [2.24, 2.45) is 0 Å². The molecule has 2 heterocycles. The molecule has 25 heavy (non-hydrogen) atoms. The minimum atomic E-state index is -0.247. The minimum Gasteiger partial charge on any atom is -0.497 e. The molecule has 3 aromatic rings. The number of anilines is 1. The predicted octanol–water partition coefficient (Wildman–Crippen LogP) is 3.69. The monoisotopic (exact) mass is 354 g/mol. The number of hydrogen-bond donors (Lipinski definition) is 1. The summed E-state index contributed by atoms with van der Waals surface area (Å²) in [7, 11) is 1.62. The molecule has 6 nitrogen and oxygen atoms in total. The largest absolute Gasteiger partial charge is 0.497 e. The van der Waals surface area contributed by atoms with Crippen molar-refractivity contribution in [1.29, 1.82) is 0 Å². The molecule has 126 valence electrons. The lowest BCUT2D eigenvalue weighted by molar-refractivity contribution is -0.111. The first-order valence-corrected chi connectivity index (χ1v) is 8.36. The fourth-order valence-corrected chi connectivity index (χ4v) is 3.32. The first-order chi connectivity index (χ1) is 12.2. The Morgan fingerprint density at radius 2 is 2.12 bits per heavy atom. The molecular formula is C18H14N2O4S. The summed E-state index contributed by atoms with van der Waals surface area (Å²) in [5, 5.41) is 3.32. The summed E-state index contributed by atoms with van der Waals surface area (Å²) in [4.78, 5) is 16.5. The van der Waals surface area contributed by atoms with Crippen molar-refractivity contribution in [1.82, 2.24) is 4.98 Å². The standard InChI is InChI=1S/C18H14N2O4S/c1-22-12-4-5-13-16(9-12)25-18(19-13)20-17(21)7-3-11-2-6-14-15(8-11)24-10-23-14/h2-9H,10H2,1H3,(H,19,20,21). The molecule has 2 aromatic carbocycles. The number of carbonyl (C=O) groups is 1. The van der Waals surface area contributed by atoms with Crippen LogP contribution < -0.4 is 19.5 Å². The highest BCUT2D eigenvalue weighted by molar-refractivity contribution is 7.22. The summed E-state index contributed by atoms with van der Waals surface area (Å²) in [6.07, 6.45) is 3.18. The van der Waals surface area contributed by atoms with E-state index in [-0.39, 0.29) is 12.7 Å². The number of nitrogens with one attached hydrogen (secondary N) is 1. The maximum Gasteiger partial charge on any atom is 0.250 e. The molecule has 0 saturated heterocycles. The molecule has 0 bridgehead atoms. The Hall–Kier alpha value is -3.06. The van der Waals surface area contributed by atoms with Crippen molar-refractivity contribution >= 4 is 38.7 Å². The third kappa shape index (κ3) is 3.27. The van der Waals surface area contributed by atoms with E-state index < -0.39 is 0 Å². The van der Waals surface area contributed by atoms with Gasteiger partial charge in [-0.1, -0.05) is 17.4 Å². The van der Waals surface area contributed by atoms with Gasteiger partial charge < -0.3 is 14.2 Å². The molecule has 1 N–H and O–H groups in total. The fourth-order valence-electron chi connectivity index (χ4n) is 2.42. The molecule has 0 saturated carbocycles. The van der Waals surface area contributed by atoms with E-state index in [1.807, 2.05) is 36.4 Å². The second kappa shape index (κ2) is 6.45. The van der Waals surface area contributed by atoms with E-state index in [1.165, 1.54) is 17.4 Å². The number of fused-ring (bicyclic) bond motifs is 2. The van der Waals surface area contributed by atoms with Gasteiger partial charge in [0, 0.05) is 6.08 Å². The Labute approximate surface area is 147 Å². The van der Waals surface area contributed by atoms with Crippen LogP contribution in [0.1, 0.15) is 5.56 Å². The van der Waals surface area contributed by atoms with Crippen LogP contribution in [0.15, 0.2) is 42.5 Å². The molecule has 1 aliphatic heterocycles. The first kappa shape index (κ1) is 15.5. The van der Waals surface area contributed by atoms with Crippen molar-refractivity contribution in [2.75, 3.05) is 19.2 Å². The minimum absolute atomic E-state index is 0.228. The quantitative estimate of drug-likeness (QED) is 0.724. The molecule has 0 spiro atoms. The summed E-state index contributed by atoms with van der Waals surface area (Å²) < 4.78 is 16.7. The van der Waals surface area contributed by atoms with Gasteiger partial charge in [-0.25, -0.2) is 4.98 Å². The van der Waals surface area contributed by atoms with Crippen LogP contribution in [0, 0.1) is 0 Å². The number of ether oxygens (including phenoxy) is 3. The summed E-state index contributed by atoms with van der Waals surface area (Å²) in [6.45, 7) is 0.228. The maximum atomic E-state index is 12.1. The number of amides is 1. The van der Waals surface area contributed by atoms with E-state index in [2.05, 4.69) is 10.3 Å². The van der Waals surface area contributed by atoms with Gasteiger partial charge in [0.05, 0.1) is 17.3 Å². The number of thiazole rings is 1. The van der Waals surface area contributed by atoms with Gasteiger partial charge in [-0.15, -0.1) is 0 Å². The lowest BCUT2D eigenvalue weighted by Gasteiger charge is -1.98. The Balaban J connectivity index is 1.46. The van der Waals surface area contributed by atoms with Gasteiger partial charge >= 0.3 is 0 Å². The zero-order valence-electron chi connectivity index (χ0n) is 13.3. The zero-order chi connectivity index (χ0) is 17.2. The van der Waals surface area contributed by atoms with Crippen molar-refractivity contribution in [3.05, 3.63) is 48.0 Å². The molecule has 4 rings (SSSR count). The van der Waals surface area contributed by atoms with Crippen LogP contribution in [0.25, 0.3) is 16.3 Å². The highest BCUT2D eigenvalue weighted by Gasteiger charge is 2.12. The third-order valence-electron chi connectivity index (χ3n) is 3.65. The van der Waals surface area contributed by atoms with Gasteiger partial charge in [-0.05, 0) is 42.0 Å². The molecule has 7 heteroatoms. The van der Waals surface area contributed by atoms with E-state index in [0.717, 1.165) is 21.5 Å². The lowest BCUT2D eigenvalue weighted by Crippen LogP contribution is -2.07. The number of hydrogen-bond acceptors (Lipinski definition) is 6. The van der Waals surface area contributed by atoms with Crippen LogP contribution in [-0.2, 0) is 4.79 Å². The van der Waals surface area contributed by atoms with Crippen LogP contribution in [0.3, 0.4) is 0 Å². The number of methoxy groups -OCH3 is 1. The summed E-state index contributed by atoms with van der Waals surface area (Å²) in [5.41, 5.74) is 1.68. The van der Waals surface area contributed by atoms with Crippen molar-refractivity contribution in [3.8, 4) is 17.2 Å². The van der Waals surface area contributed by atoms with E-state index in [0.29, 0.717) is 16.6 Å². The molecule has 1 amide bonds. The van der Waals surface area contributed by atoms with Crippen molar-refractivity contribution < 1.29 is 19.0 Å². The van der Waals surface area contributed by atoms with Gasteiger partial charge in [-0.3, -0.25) is 10.1 Å². The molecule has 0 atom stereocenters. The van der Waals surface area contributed by atoms with Crippen molar-refractivity contribution in [2.45, 2.75) is 0 Å². The molecule has 0 fully saturated rings. The molecule has 1 aromatic heterocycles. The third-order valence-corrected chi connectivity index (χ3v) is 4.58. The van der Waals surface area contributed by atoms with Gasteiger partial charge in [0.15, 0.2) is 16.6 Å². The van der Waals surface area contributed by atoms with E-state index >= 15 is 0 Å². The Bertz CT molecular complexity index is 980. The van der Waals surface area contributed by atoms with Gasteiger partial charge in [-0.2, -0.15) is 0 Å². The number of carbonyl (C=O) groups excluding carboxylic acids is 1. The topological polar surface area (TPSA) is 69.7 Å². The number of nitrogens with zero attached hydrogens (tertiary/aromatic N) is 1. The smallest absolute Gasteiger partial charge is 0.250 e. The second-order valence-electron chi connectivity index (χ2n) is 5.29. The first-order valence-electron chi connectivity index (χ1n) is 7.54. The Kier molecular flexibility index (Phi) is 3.99. The summed E-state index contributed by atoms with van der Waals surface area (Å²) in [5.74, 6) is 1.91. The average Bonchev–Trinajstić information content (AvgIpc) is 3.24. The summed E-state index contributed by atoms with van der Waals surface area (Å²) in [6, 6.07) is 11.1. The van der Waals surface area contributed by atoms with Crippen LogP contribution in [-0.4, -0.2) is 24.8 Å². The van der Waals surface area contributed by atoms with E-state index in [4.69, 9.17) is 14.2 Å². The van der Waals surface area contributed by atoms with Crippen LogP contribution in [0.2, 0.25) is 0 Å². The number of aromatic nitrogens is 1. The zero-order valence-corrected chi connectivity index (χ0v) is 14.1. The average molecular weight is 354 g/mol. The molecular weight excluding hydrogens is 340 g/mol. The lowest BCUT2D eigenvalue weighted by atomic mass is 10.2. The van der Waals surface area contributed by atoms with Crippen LogP contribution in [0.5, 0.6) is 17.2 Å². The SMILES string of the molecule is COc1ccc2nc(NC(=O)C=Cc3ccc4c(c3)OCO4)sc2c1. The predicted molar refractivity (Wildman–Crippen MR) is 96.4 cm³/mol. The highest BCUT2D eigenvalue weighted by atomic mass is 32.1. The van der Waals surface area contributed by atoms with E-state index in [1.54, 1.807) is 13.2 Å². The van der Waals surface area contributed by atoms with Crippen LogP contribution >= 0.6 is 11.3 Å². The van der Waals surface area contributed by atoms with Gasteiger partial charge in [0.1, 0.15) is 5.75 Å². The second-order valence-corrected chi connectivity index (χ2v) is 6.32. The van der Waals surface area contributed by atoms with Gasteiger partial charge in [0.25, 0.3) is 0 Å². The normalized spacial score (nSPS) is 12.7. The number of rotatable bonds is 4. The van der Waals surface area contributed by atoms with Crippen LogP contribution in [0.4, 0.5) is 5.13 Å².